The summed E-state index contributed by atoms with van der Waals surface area (Å²) < 4.78 is 3.01. The minimum atomic E-state index is 0.564. The van der Waals surface area contributed by atoms with Crippen molar-refractivity contribution in [2.75, 3.05) is 5.32 Å². The second kappa shape index (κ2) is 6.00. The molecular weight excluding hydrogens is 292 g/mol. The molecule has 0 saturated carbocycles. The van der Waals surface area contributed by atoms with Crippen molar-refractivity contribution in [1.29, 1.82) is 0 Å². The van der Waals surface area contributed by atoms with Crippen LogP contribution in [-0.2, 0) is 13.1 Å². The monoisotopic (exact) mass is 308 g/mol. The Morgan fingerprint density at radius 1 is 1.33 bits per heavy atom. The highest BCUT2D eigenvalue weighted by atomic mass is 79.9. The molecule has 2 aromatic rings. The van der Waals surface area contributed by atoms with Gasteiger partial charge in [0.05, 0.1) is 6.54 Å². The van der Waals surface area contributed by atoms with Crippen molar-refractivity contribution in [2.45, 2.75) is 26.9 Å². The van der Waals surface area contributed by atoms with Gasteiger partial charge in [0.25, 0.3) is 0 Å². The predicted molar refractivity (Wildman–Crippen MR) is 76.3 cm³/mol. The van der Waals surface area contributed by atoms with E-state index >= 15 is 0 Å². The fourth-order valence-electron chi connectivity index (χ4n) is 1.70. The standard InChI is InChI=1S/C13H17BrN4/c1-10(2)8-18-13(16-9-17-18)7-15-12-6-4-3-5-11(12)14/h3-6,9-10,15H,7-8H2,1-2H3. The topological polar surface area (TPSA) is 42.7 Å². The van der Waals surface area contributed by atoms with Crippen molar-refractivity contribution in [3.8, 4) is 0 Å². The van der Waals surface area contributed by atoms with Gasteiger partial charge >= 0.3 is 0 Å². The summed E-state index contributed by atoms with van der Waals surface area (Å²) in [5.41, 5.74) is 1.07. The summed E-state index contributed by atoms with van der Waals surface area (Å²) in [6.07, 6.45) is 1.61. The van der Waals surface area contributed by atoms with Gasteiger partial charge in [-0.3, -0.25) is 0 Å². The highest BCUT2D eigenvalue weighted by molar-refractivity contribution is 9.10. The summed E-state index contributed by atoms with van der Waals surface area (Å²) in [5.74, 6) is 1.52. The number of anilines is 1. The zero-order valence-corrected chi connectivity index (χ0v) is 12.2. The van der Waals surface area contributed by atoms with Crippen LogP contribution in [0.25, 0.3) is 0 Å². The number of rotatable bonds is 5. The highest BCUT2D eigenvalue weighted by Crippen LogP contribution is 2.21. The lowest BCUT2D eigenvalue weighted by molar-refractivity contribution is 0.468. The zero-order valence-electron chi connectivity index (χ0n) is 10.6. The van der Waals surface area contributed by atoms with E-state index in [-0.39, 0.29) is 0 Å². The molecule has 1 aromatic carbocycles. The Bertz CT molecular complexity index is 507. The Morgan fingerprint density at radius 3 is 2.83 bits per heavy atom. The Labute approximate surface area is 116 Å². The molecule has 0 fully saturated rings. The van der Waals surface area contributed by atoms with Crippen LogP contribution in [0.5, 0.6) is 0 Å². The lowest BCUT2D eigenvalue weighted by atomic mass is 10.2. The molecule has 1 heterocycles. The minimum Gasteiger partial charge on any atom is -0.377 e. The maximum atomic E-state index is 4.29. The summed E-state index contributed by atoms with van der Waals surface area (Å²) in [6.45, 7) is 5.92. The molecule has 0 amide bonds. The first kappa shape index (κ1) is 13.1. The molecule has 96 valence electrons. The number of halogens is 1. The van der Waals surface area contributed by atoms with Crippen molar-refractivity contribution >= 4 is 21.6 Å². The van der Waals surface area contributed by atoms with Crippen molar-refractivity contribution in [1.82, 2.24) is 14.8 Å². The van der Waals surface area contributed by atoms with Crippen LogP contribution in [0.1, 0.15) is 19.7 Å². The minimum absolute atomic E-state index is 0.564. The largest absolute Gasteiger partial charge is 0.377 e. The number of hydrogen-bond acceptors (Lipinski definition) is 3. The normalized spacial score (nSPS) is 10.9. The number of hydrogen-bond donors (Lipinski definition) is 1. The fraction of sp³-hybridized carbons (Fsp3) is 0.385. The van der Waals surface area contributed by atoms with Gasteiger partial charge in [-0.2, -0.15) is 5.10 Å². The first-order chi connectivity index (χ1) is 8.66. The van der Waals surface area contributed by atoms with Crippen LogP contribution in [0.2, 0.25) is 0 Å². The van der Waals surface area contributed by atoms with E-state index < -0.39 is 0 Å². The van der Waals surface area contributed by atoms with Gasteiger partial charge in [0.1, 0.15) is 12.2 Å². The fourth-order valence-corrected chi connectivity index (χ4v) is 2.13. The van der Waals surface area contributed by atoms with E-state index in [1.165, 1.54) is 0 Å². The second-order valence-electron chi connectivity index (χ2n) is 4.59. The molecule has 0 radical (unpaired) electrons. The van der Waals surface area contributed by atoms with E-state index in [4.69, 9.17) is 0 Å². The third-order valence-corrected chi connectivity index (χ3v) is 3.24. The van der Waals surface area contributed by atoms with E-state index in [1.807, 2.05) is 28.9 Å². The molecule has 0 aliphatic rings. The summed E-state index contributed by atoms with van der Waals surface area (Å²) in [6, 6.07) is 8.05. The lowest BCUT2D eigenvalue weighted by Crippen LogP contribution is -2.13. The van der Waals surface area contributed by atoms with E-state index in [1.54, 1.807) is 6.33 Å². The molecule has 0 aliphatic carbocycles. The van der Waals surface area contributed by atoms with E-state index in [9.17, 15) is 0 Å². The molecule has 0 aliphatic heterocycles. The van der Waals surface area contributed by atoms with Crippen LogP contribution in [0, 0.1) is 5.92 Å². The third kappa shape index (κ3) is 3.32. The average Bonchev–Trinajstić information content (AvgIpc) is 2.75. The average molecular weight is 309 g/mol. The van der Waals surface area contributed by atoms with Crippen LogP contribution in [0.3, 0.4) is 0 Å². The summed E-state index contributed by atoms with van der Waals surface area (Å²) in [4.78, 5) is 4.29. The first-order valence-corrected chi connectivity index (χ1v) is 6.81. The first-order valence-electron chi connectivity index (χ1n) is 6.02. The molecule has 4 nitrogen and oxygen atoms in total. The van der Waals surface area contributed by atoms with Gasteiger partial charge < -0.3 is 5.32 Å². The number of aromatic nitrogens is 3. The summed E-state index contributed by atoms with van der Waals surface area (Å²) in [5, 5.41) is 7.60. The number of nitrogens with one attached hydrogen (secondary N) is 1. The zero-order chi connectivity index (χ0) is 13.0. The number of para-hydroxylation sites is 1. The molecule has 0 unspecified atom stereocenters. The number of nitrogens with zero attached hydrogens (tertiary/aromatic N) is 3. The Morgan fingerprint density at radius 2 is 2.11 bits per heavy atom. The SMILES string of the molecule is CC(C)Cn1ncnc1CNc1ccccc1Br. The summed E-state index contributed by atoms with van der Waals surface area (Å²) in [7, 11) is 0. The summed E-state index contributed by atoms with van der Waals surface area (Å²) >= 11 is 3.51. The van der Waals surface area contributed by atoms with Crippen LogP contribution in [0.4, 0.5) is 5.69 Å². The van der Waals surface area contributed by atoms with E-state index in [2.05, 4.69) is 45.2 Å². The van der Waals surface area contributed by atoms with Gasteiger partial charge in [-0.15, -0.1) is 0 Å². The molecule has 0 saturated heterocycles. The predicted octanol–water partition coefficient (Wildman–Crippen LogP) is 3.31. The van der Waals surface area contributed by atoms with E-state index in [0.717, 1.165) is 22.5 Å². The maximum absolute atomic E-state index is 4.29. The third-order valence-electron chi connectivity index (χ3n) is 2.54. The molecule has 18 heavy (non-hydrogen) atoms. The Hall–Kier alpha value is -1.36. The maximum Gasteiger partial charge on any atom is 0.146 e. The molecule has 0 spiro atoms. The number of benzene rings is 1. The van der Waals surface area contributed by atoms with Gasteiger partial charge in [-0.25, -0.2) is 9.67 Å². The smallest absolute Gasteiger partial charge is 0.146 e. The molecule has 1 N–H and O–H groups in total. The van der Waals surface area contributed by atoms with Crippen LogP contribution in [-0.4, -0.2) is 14.8 Å². The quantitative estimate of drug-likeness (QED) is 0.921. The van der Waals surface area contributed by atoms with Crippen LogP contribution in [0.15, 0.2) is 35.1 Å². The van der Waals surface area contributed by atoms with Gasteiger partial charge in [-0.05, 0) is 34.0 Å². The lowest BCUT2D eigenvalue weighted by Gasteiger charge is -2.10. The Kier molecular flexibility index (Phi) is 4.36. The Balaban J connectivity index is 2.02. The van der Waals surface area contributed by atoms with Crippen molar-refractivity contribution < 1.29 is 0 Å². The van der Waals surface area contributed by atoms with Crippen LogP contribution >= 0.6 is 15.9 Å². The van der Waals surface area contributed by atoms with Crippen molar-refractivity contribution in [3.05, 3.63) is 40.9 Å². The van der Waals surface area contributed by atoms with Gasteiger partial charge in [0.2, 0.25) is 0 Å². The molecule has 1 aromatic heterocycles. The molecule has 0 atom stereocenters. The van der Waals surface area contributed by atoms with Crippen molar-refractivity contribution in [3.63, 3.8) is 0 Å². The van der Waals surface area contributed by atoms with Gasteiger partial charge in [0.15, 0.2) is 0 Å². The molecule has 2 rings (SSSR count). The van der Waals surface area contributed by atoms with Crippen LogP contribution < -0.4 is 5.32 Å². The second-order valence-corrected chi connectivity index (χ2v) is 5.44. The van der Waals surface area contributed by atoms with Gasteiger partial charge in [0, 0.05) is 16.7 Å². The van der Waals surface area contributed by atoms with Gasteiger partial charge in [-0.1, -0.05) is 26.0 Å². The molecule has 5 heteroatoms. The highest BCUT2D eigenvalue weighted by Gasteiger charge is 2.06. The van der Waals surface area contributed by atoms with Crippen molar-refractivity contribution in [2.24, 2.45) is 5.92 Å². The molecular formula is C13H17BrN4. The van der Waals surface area contributed by atoms with E-state index in [0.29, 0.717) is 12.5 Å². The molecule has 0 bridgehead atoms.